The number of likely N-dealkylation sites (tertiary alicyclic amines) is 1. The zero-order valence-corrected chi connectivity index (χ0v) is 17.5. The van der Waals surface area contributed by atoms with E-state index in [0.29, 0.717) is 12.1 Å². The molecule has 1 N–H and O–H groups in total. The number of aryl methyl sites for hydroxylation is 2. The Labute approximate surface area is 171 Å². The fourth-order valence-electron chi connectivity index (χ4n) is 3.96. The normalized spacial score (nSPS) is 15.7. The maximum atomic E-state index is 12.6. The number of fused-ring (bicyclic) bond motifs is 1. The number of aromatic nitrogens is 3. The Morgan fingerprint density at radius 1 is 1.17 bits per heavy atom. The van der Waals surface area contributed by atoms with E-state index < -0.39 is 0 Å². The van der Waals surface area contributed by atoms with Crippen LogP contribution >= 0.6 is 0 Å². The fourth-order valence-corrected chi connectivity index (χ4v) is 3.96. The Morgan fingerprint density at radius 2 is 1.86 bits per heavy atom. The maximum Gasteiger partial charge on any atom is 0.253 e. The van der Waals surface area contributed by atoms with Crippen molar-refractivity contribution >= 4 is 16.9 Å². The molecule has 1 amide bonds. The number of pyridine rings is 1. The molecule has 3 heterocycles. The van der Waals surface area contributed by atoms with E-state index in [2.05, 4.69) is 51.5 Å². The Kier molecular flexibility index (Phi) is 5.62. The van der Waals surface area contributed by atoms with Gasteiger partial charge in [0.25, 0.3) is 5.91 Å². The summed E-state index contributed by atoms with van der Waals surface area (Å²) in [6.07, 6.45) is 4.20. The first-order valence-corrected chi connectivity index (χ1v) is 10.4. The number of benzene rings is 1. The van der Waals surface area contributed by atoms with Crippen molar-refractivity contribution in [2.24, 2.45) is 13.0 Å². The number of piperidine rings is 1. The number of nitrogens with zero attached hydrogens (tertiary/aromatic N) is 4. The molecule has 1 aliphatic rings. The lowest BCUT2D eigenvalue weighted by molar-refractivity contribution is 0.0950. The van der Waals surface area contributed by atoms with Gasteiger partial charge in [-0.15, -0.1) is 0 Å². The van der Waals surface area contributed by atoms with E-state index in [9.17, 15) is 4.79 Å². The second kappa shape index (κ2) is 8.33. The van der Waals surface area contributed by atoms with Crippen LogP contribution in [0.3, 0.4) is 0 Å². The van der Waals surface area contributed by atoms with E-state index in [0.717, 1.165) is 34.8 Å². The molecule has 6 nitrogen and oxygen atoms in total. The van der Waals surface area contributed by atoms with E-state index in [4.69, 9.17) is 0 Å². The standard InChI is InChI=1S/C23H29N5O/c1-16-8-10-28(11-9-16)15-19-6-4-18(5-7-19)13-25-23(29)20-12-21-17(2)26-27(3)22(21)24-14-20/h4-7,12,14,16H,8-11,13,15H2,1-3H3,(H,25,29). The first-order chi connectivity index (χ1) is 14.0. The monoisotopic (exact) mass is 391 g/mol. The molecule has 2 aromatic heterocycles. The highest BCUT2D eigenvalue weighted by Crippen LogP contribution is 2.19. The van der Waals surface area contributed by atoms with Crippen LogP contribution in [0.25, 0.3) is 11.0 Å². The van der Waals surface area contributed by atoms with E-state index in [1.54, 1.807) is 10.9 Å². The molecule has 3 aromatic rings. The van der Waals surface area contributed by atoms with Gasteiger partial charge in [-0.2, -0.15) is 5.10 Å². The van der Waals surface area contributed by atoms with E-state index in [1.807, 2.05) is 20.0 Å². The molecular weight excluding hydrogens is 362 g/mol. The minimum Gasteiger partial charge on any atom is -0.348 e. The highest BCUT2D eigenvalue weighted by atomic mass is 16.1. The SMILES string of the molecule is Cc1nn(C)c2ncc(C(=O)NCc3ccc(CN4CCC(C)CC4)cc3)cc12. The first-order valence-electron chi connectivity index (χ1n) is 10.4. The average molecular weight is 392 g/mol. The molecule has 4 rings (SSSR count). The average Bonchev–Trinajstić information content (AvgIpc) is 3.02. The molecule has 0 bridgehead atoms. The summed E-state index contributed by atoms with van der Waals surface area (Å²) in [5.74, 6) is 0.740. The van der Waals surface area contributed by atoms with Crippen molar-refractivity contribution in [3.8, 4) is 0 Å². The van der Waals surface area contributed by atoms with E-state index in [1.165, 1.54) is 31.5 Å². The molecule has 1 aliphatic heterocycles. The number of carbonyl (C=O) groups is 1. The number of carbonyl (C=O) groups excluding carboxylic acids is 1. The predicted molar refractivity (Wildman–Crippen MR) is 115 cm³/mol. The molecule has 0 spiro atoms. The van der Waals surface area contributed by atoms with Crippen LogP contribution in [0.4, 0.5) is 0 Å². The first kappa shape index (κ1) is 19.6. The van der Waals surface area contributed by atoms with Gasteiger partial charge < -0.3 is 5.32 Å². The lowest BCUT2D eigenvalue weighted by Crippen LogP contribution is -2.32. The molecule has 6 heteroatoms. The number of nitrogens with one attached hydrogen (secondary N) is 1. The van der Waals surface area contributed by atoms with Crippen LogP contribution in [-0.4, -0.2) is 38.7 Å². The number of rotatable bonds is 5. The van der Waals surface area contributed by atoms with Crippen molar-refractivity contribution in [2.75, 3.05) is 13.1 Å². The third-order valence-corrected chi connectivity index (χ3v) is 5.88. The smallest absolute Gasteiger partial charge is 0.253 e. The molecule has 1 fully saturated rings. The predicted octanol–water partition coefficient (Wildman–Crippen LogP) is 3.44. The molecule has 0 radical (unpaired) electrons. The zero-order valence-electron chi connectivity index (χ0n) is 17.5. The van der Waals surface area contributed by atoms with Crippen LogP contribution in [0, 0.1) is 12.8 Å². The maximum absolute atomic E-state index is 12.6. The van der Waals surface area contributed by atoms with Crippen LogP contribution in [0.5, 0.6) is 0 Å². The van der Waals surface area contributed by atoms with Crippen molar-refractivity contribution in [3.63, 3.8) is 0 Å². The topological polar surface area (TPSA) is 63.1 Å². The molecule has 29 heavy (non-hydrogen) atoms. The van der Waals surface area contributed by atoms with Crippen molar-refractivity contribution < 1.29 is 4.79 Å². The van der Waals surface area contributed by atoms with Crippen molar-refractivity contribution in [1.82, 2.24) is 25.0 Å². The van der Waals surface area contributed by atoms with Gasteiger partial charge in [0, 0.05) is 31.7 Å². The summed E-state index contributed by atoms with van der Waals surface area (Å²) in [6.45, 7) is 8.16. The third-order valence-electron chi connectivity index (χ3n) is 5.88. The molecule has 0 saturated carbocycles. The second-order valence-corrected chi connectivity index (χ2v) is 8.26. The van der Waals surface area contributed by atoms with Gasteiger partial charge in [-0.25, -0.2) is 4.98 Å². The molecule has 1 aromatic carbocycles. The van der Waals surface area contributed by atoms with Crippen LogP contribution in [0.15, 0.2) is 36.5 Å². The van der Waals surface area contributed by atoms with Crippen LogP contribution < -0.4 is 5.32 Å². The summed E-state index contributed by atoms with van der Waals surface area (Å²) in [6, 6.07) is 10.4. The van der Waals surface area contributed by atoms with Gasteiger partial charge in [0.05, 0.1) is 11.3 Å². The van der Waals surface area contributed by atoms with Gasteiger partial charge in [0.2, 0.25) is 0 Å². The van der Waals surface area contributed by atoms with Gasteiger partial charge in [0.1, 0.15) is 0 Å². The Bertz CT molecular complexity index is 1000. The second-order valence-electron chi connectivity index (χ2n) is 8.26. The van der Waals surface area contributed by atoms with E-state index in [-0.39, 0.29) is 5.91 Å². The zero-order chi connectivity index (χ0) is 20.4. The minimum atomic E-state index is -0.117. The quantitative estimate of drug-likeness (QED) is 0.724. The Morgan fingerprint density at radius 3 is 2.59 bits per heavy atom. The fraction of sp³-hybridized carbons (Fsp3) is 0.435. The lowest BCUT2D eigenvalue weighted by atomic mass is 9.99. The summed E-state index contributed by atoms with van der Waals surface area (Å²) < 4.78 is 1.73. The Hall–Kier alpha value is -2.73. The van der Waals surface area contributed by atoms with Crippen LogP contribution in [-0.2, 0) is 20.1 Å². The Balaban J connectivity index is 1.34. The lowest BCUT2D eigenvalue weighted by Gasteiger charge is -2.30. The van der Waals surface area contributed by atoms with Gasteiger partial charge in [-0.3, -0.25) is 14.4 Å². The van der Waals surface area contributed by atoms with Crippen molar-refractivity contribution in [1.29, 1.82) is 0 Å². The summed E-state index contributed by atoms with van der Waals surface area (Å²) in [7, 11) is 1.86. The molecular formula is C23H29N5O. The minimum absolute atomic E-state index is 0.117. The van der Waals surface area contributed by atoms with Crippen molar-refractivity contribution in [3.05, 3.63) is 58.9 Å². The summed E-state index contributed by atoms with van der Waals surface area (Å²) in [5, 5.41) is 8.27. The largest absolute Gasteiger partial charge is 0.348 e. The van der Waals surface area contributed by atoms with Gasteiger partial charge in [-0.1, -0.05) is 31.2 Å². The van der Waals surface area contributed by atoms with Gasteiger partial charge in [0.15, 0.2) is 5.65 Å². The summed E-state index contributed by atoms with van der Waals surface area (Å²) in [4.78, 5) is 19.5. The summed E-state index contributed by atoms with van der Waals surface area (Å²) >= 11 is 0. The molecule has 0 aliphatic carbocycles. The van der Waals surface area contributed by atoms with Crippen LogP contribution in [0.1, 0.15) is 46.9 Å². The third kappa shape index (κ3) is 4.48. The number of amides is 1. The van der Waals surface area contributed by atoms with Crippen LogP contribution in [0.2, 0.25) is 0 Å². The van der Waals surface area contributed by atoms with Crippen molar-refractivity contribution in [2.45, 2.75) is 39.8 Å². The molecule has 152 valence electrons. The van der Waals surface area contributed by atoms with E-state index >= 15 is 0 Å². The highest BCUT2D eigenvalue weighted by molar-refractivity contribution is 5.97. The molecule has 1 saturated heterocycles. The summed E-state index contributed by atoms with van der Waals surface area (Å²) in [5.41, 5.74) is 4.66. The van der Waals surface area contributed by atoms with Gasteiger partial charge in [-0.05, 0) is 56.0 Å². The van der Waals surface area contributed by atoms with Gasteiger partial charge >= 0.3 is 0 Å². The molecule has 0 unspecified atom stereocenters. The highest BCUT2D eigenvalue weighted by Gasteiger charge is 2.15. The number of hydrogen-bond donors (Lipinski definition) is 1. The number of hydrogen-bond acceptors (Lipinski definition) is 4. The molecule has 0 atom stereocenters.